The lowest BCUT2D eigenvalue weighted by molar-refractivity contribution is -0.122. The predicted molar refractivity (Wildman–Crippen MR) is 76.5 cm³/mol. The summed E-state index contributed by atoms with van der Waals surface area (Å²) in [7, 11) is 0. The Labute approximate surface area is 117 Å². The number of hydrogen-bond acceptors (Lipinski definition) is 2. The fourth-order valence-electron chi connectivity index (χ4n) is 1.86. The van der Waals surface area contributed by atoms with Crippen LogP contribution in [0, 0.1) is 10.8 Å². The first kappa shape index (κ1) is 11.0. The molecule has 2 rings (SSSR count). The summed E-state index contributed by atoms with van der Waals surface area (Å²) in [6.07, 6.45) is 5.32. The maximum atomic E-state index is 11.0. The first-order valence-electron chi connectivity index (χ1n) is 8.80. The number of Topliss-reactive ketones (excluding diaryl/α,β-unsaturated/α-hetero) is 1. The second kappa shape index (κ2) is 5.81. The Hall–Kier alpha value is -0.920. The van der Waals surface area contributed by atoms with Gasteiger partial charge in [-0.05, 0) is 36.1 Å². The Bertz CT molecular complexity index is 416. The number of carbonyl (C=O) groups excluding carboxylic acids is 2. The molecular formula is C16H28O2. The number of allylic oxidation sites excluding steroid dienone is 2. The lowest BCUT2D eigenvalue weighted by Crippen LogP contribution is -2.20. The summed E-state index contributed by atoms with van der Waals surface area (Å²) in [4.78, 5) is 21.6. The van der Waals surface area contributed by atoms with Gasteiger partial charge in [-0.3, -0.25) is 9.59 Å². The third kappa shape index (κ3) is 5.61. The minimum absolute atomic E-state index is 0.0654. The zero-order valence-electron chi connectivity index (χ0n) is 16.0. The van der Waals surface area contributed by atoms with Crippen molar-refractivity contribution in [2.24, 2.45) is 10.8 Å². The summed E-state index contributed by atoms with van der Waals surface area (Å²) in [6, 6.07) is 0. The normalized spacial score (nSPS) is 35.6. The van der Waals surface area contributed by atoms with Crippen molar-refractivity contribution >= 4 is 11.6 Å². The minimum atomic E-state index is -0.807. The summed E-state index contributed by atoms with van der Waals surface area (Å²) in [5.41, 5.74) is 0.105. The SMILES string of the molecule is CC1(C)C=CC(=O)CC1.[2H]C1C(=O)CCC(C)(C)C1[2H].[2H][2H]. The van der Waals surface area contributed by atoms with Crippen molar-refractivity contribution in [1.82, 2.24) is 0 Å². The van der Waals surface area contributed by atoms with Gasteiger partial charge < -0.3 is 0 Å². The largest absolute Gasteiger partial charge is 0.300 e. The van der Waals surface area contributed by atoms with E-state index in [4.69, 9.17) is 5.71 Å². The zero-order chi connectivity index (χ0) is 17.6. The molecule has 2 atom stereocenters. The van der Waals surface area contributed by atoms with Gasteiger partial charge in [-0.15, -0.1) is 0 Å². The molecule has 2 unspecified atom stereocenters. The van der Waals surface area contributed by atoms with Crippen molar-refractivity contribution < 1.29 is 15.3 Å². The molecular weight excluding hydrogens is 224 g/mol. The summed E-state index contributed by atoms with van der Waals surface area (Å²) in [6.45, 7) is 8.21. The number of rotatable bonds is 0. The van der Waals surface area contributed by atoms with Crippen molar-refractivity contribution in [1.29, 1.82) is 0 Å². The molecule has 2 aliphatic carbocycles. The van der Waals surface area contributed by atoms with Crippen LogP contribution < -0.4 is 0 Å². The quantitative estimate of drug-likeness (QED) is 0.646. The van der Waals surface area contributed by atoms with Crippen LogP contribution in [0.4, 0.5) is 0 Å². The lowest BCUT2D eigenvalue weighted by atomic mass is 9.77. The van der Waals surface area contributed by atoms with E-state index >= 15 is 0 Å². The summed E-state index contributed by atoms with van der Waals surface area (Å²) in [5, 5.41) is 0. The molecule has 0 bridgehead atoms. The predicted octanol–water partition coefficient (Wildman–Crippen LogP) is 4.33. The summed E-state index contributed by atoms with van der Waals surface area (Å²) in [5.74, 6) is 0.207. The van der Waals surface area contributed by atoms with E-state index in [1.54, 1.807) is 6.08 Å². The van der Waals surface area contributed by atoms with E-state index in [1.165, 1.54) is 0 Å². The third-order valence-electron chi connectivity index (χ3n) is 3.47. The second-order valence-electron chi connectivity index (χ2n) is 6.58. The van der Waals surface area contributed by atoms with Crippen LogP contribution in [-0.4, -0.2) is 11.6 Å². The van der Waals surface area contributed by atoms with Gasteiger partial charge in [0.2, 0.25) is 0 Å². The van der Waals surface area contributed by atoms with E-state index in [1.807, 2.05) is 19.9 Å². The van der Waals surface area contributed by atoms with Gasteiger partial charge in [0.1, 0.15) is 5.78 Å². The van der Waals surface area contributed by atoms with Crippen LogP contribution in [0.25, 0.3) is 0 Å². The molecule has 0 N–H and O–H groups in total. The zero-order valence-corrected chi connectivity index (χ0v) is 12.0. The minimum Gasteiger partial charge on any atom is -0.300 e. The van der Waals surface area contributed by atoms with Crippen LogP contribution in [0.2, 0.25) is 0 Å². The van der Waals surface area contributed by atoms with Crippen molar-refractivity contribution in [2.75, 3.05) is 0 Å². The maximum absolute atomic E-state index is 11.0. The number of carbonyl (C=O) groups is 2. The Morgan fingerprint density at radius 3 is 2.33 bits per heavy atom. The smallest absolute Gasteiger partial charge is 0.155 e. The molecule has 2 aliphatic rings. The topological polar surface area (TPSA) is 34.1 Å². The van der Waals surface area contributed by atoms with Gasteiger partial charge in [0.05, 0.1) is 0 Å². The molecule has 0 aromatic heterocycles. The Morgan fingerprint density at radius 1 is 1.22 bits per heavy atom. The molecule has 1 fully saturated rings. The molecule has 0 radical (unpaired) electrons. The standard InChI is InChI=1S/C8H14O.C8H12O.H2/c2*1-8(2)5-3-7(9)4-6-8;/h3-6H2,1-2H3;3,5H,4,6H2,1-2H3;1H/i3D,5D;;1+1D. The van der Waals surface area contributed by atoms with E-state index < -0.39 is 12.8 Å². The highest BCUT2D eigenvalue weighted by atomic mass is 16.1. The van der Waals surface area contributed by atoms with E-state index in [9.17, 15) is 9.59 Å². The van der Waals surface area contributed by atoms with Gasteiger partial charge in [-0.1, -0.05) is 33.8 Å². The van der Waals surface area contributed by atoms with E-state index in [0.717, 1.165) is 19.3 Å². The van der Waals surface area contributed by atoms with Gasteiger partial charge in [-0.2, -0.15) is 0 Å². The molecule has 2 heteroatoms. The van der Waals surface area contributed by atoms with Gasteiger partial charge in [-0.25, -0.2) is 0 Å². The van der Waals surface area contributed by atoms with Gasteiger partial charge in [0, 0.05) is 24.9 Å². The fourth-order valence-corrected chi connectivity index (χ4v) is 1.86. The Morgan fingerprint density at radius 2 is 1.89 bits per heavy atom. The fraction of sp³-hybridized carbons (Fsp3) is 0.750. The van der Waals surface area contributed by atoms with Gasteiger partial charge in [0.25, 0.3) is 0 Å². The van der Waals surface area contributed by atoms with Crippen LogP contribution in [0.15, 0.2) is 12.2 Å². The van der Waals surface area contributed by atoms with E-state index in [2.05, 4.69) is 13.8 Å². The maximum Gasteiger partial charge on any atom is 0.155 e. The average molecular weight is 256 g/mol. The van der Waals surface area contributed by atoms with Crippen LogP contribution in [0.1, 0.15) is 71.9 Å². The van der Waals surface area contributed by atoms with E-state index in [-0.39, 0.29) is 22.4 Å². The van der Waals surface area contributed by atoms with Crippen LogP contribution in [-0.2, 0) is 9.59 Å². The highest BCUT2D eigenvalue weighted by Crippen LogP contribution is 2.32. The molecule has 0 aromatic carbocycles. The van der Waals surface area contributed by atoms with Crippen LogP contribution in [0.3, 0.4) is 0 Å². The Balaban J connectivity index is 0.000000366. The molecule has 0 spiro atoms. The highest BCUT2D eigenvalue weighted by Gasteiger charge is 2.24. The average Bonchev–Trinajstić information content (AvgIpc) is 2.48. The molecule has 104 valence electrons. The molecule has 0 aromatic rings. The van der Waals surface area contributed by atoms with E-state index in [0.29, 0.717) is 6.42 Å². The van der Waals surface area contributed by atoms with Crippen molar-refractivity contribution in [3.05, 3.63) is 12.2 Å². The van der Waals surface area contributed by atoms with Crippen molar-refractivity contribution in [2.45, 2.75) is 66.2 Å². The van der Waals surface area contributed by atoms with Gasteiger partial charge >= 0.3 is 0 Å². The molecule has 1 saturated carbocycles. The summed E-state index contributed by atoms with van der Waals surface area (Å²) >= 11 is 0. The number of ketones is 2. The van der Waals surface area contributed by atoms with Crippen molar-refractivity contribution in [3.63, 3.8) is 0 Å². The first-order chi connectivity index (χ1) is 10.1. The Kier molecular flexibility index (Phi) is 3.54. The molecule has 0 heterocycles. The monoisotopic (exact) mass is 256 g/mol. The van der Waals surface area contributed by atoms with Crippen LogP contribution >= 0.6 is 0 Å². The molecule has 2 nitrogen and oxygen atoms in total. The molecule has 0 saturated heterocycles. The van der Waals surface area contributed by atoms with Crippen molar-refractivity contribution in [3.8, 4) is 0 Å². The third-order valence-corrected chi connectivity index (χ3v) is 3.47. The van der Waals surface area contributed by atoms with Gasteiger partial charge in [0.15, 0.2) is 5.78 Å². The lowest BCUT2D eigenvalue weighted by Gasteiger charge is -2.27. The number of hydrogen-bond donors (Lipinski definition) is 0. The molecule has 18 heavy (non-hydrogen) atoms. The molecule has 0 amide bonds. The highest BCUT2D eigenvalue weighted by molar-refractivity contribution is 5.90. The first-order valence-corrected chi connectivity index (χ1v) is 6.64. The van der Waals surface area contributed by atoms with Crippen LogP contribution in [0.5, 0.6) is 0 Å². The second-order valence-corrected chi connectivity index (χ2v) is 6.58. The molecule has 0 aliphatic heterocycles. The summed E-state index contributed by atoms with van der Waals surface area (Å²) < 4.78 is 25.0.